The fraction of sp³-hybridized carbons (Fsp3) is 0.318. The molecule has 3 amide bonds. The molecule has 30 heavy (non-hydrogen) atoms. The Labute approximate surface area is 186 Å². The number of rotatable bonds is 1. The van der Waals surface area contributed by atoms with Gasteiger partial charge in [-0.15, -0.1) is 0 Å². The fourth-order valence-electron chi connectivity index (χ4n) is 6.06. The standard InChI is InChI=1S/C22H17BrClN3O3/c23-12-6-1-2-8-14(12)27-19(28)16-15-9-4-10-26(15)22(17(16)20(27)29)11-5-3-7-13(24)18(11)25-21(22)30/h1-3,5-8,15-17H,4,9-10H2,(H,25,30)/t15-,16+,17+,22+/m0/s1. The zero-order valence-electron chi connectivity index (χ0n) is 15.8. The molecule has 8 heteroatoms. The van der Waals surface area contributed by atoms with Crippen LogP contribution >= 0.6 is 27.5 Å². The van der Waals surface area contributed by atoms with Crippen molar-refractivity contribution in [3.63, 3.8) is 0 Å². The molecule has 0 saturated carbocycles. The smallest absolute Gasteiger partial charge is 0.250 e. The average Bonchev–Trinajstić information content (AvgIpc) is 3.42. The van der Waals surface area contributed by atoms with Crippen molar-refractivity contribution in [2.75, 3.05) is 16.8 Å². The lowest BCUT2D eigenvalue weighted by molar-refractivity contribution is -0.135. The minimum atomic E-state index is -1.20. The van der Waals surface area contributed by atoms with Crippen LogP contribution in [0.3, 0.4) is 0 Å². The molecule has 4 atom stereocenters. The Morgan fingerprint density at radius 3 is 2.67 bits per heavy atom. The first-order chi connectivity index (χ1) is 14.5. The number of anilines is 2. The van der Waals surface area contributed by atoms with Crippen molar-refractivity contribution in [2.45, 2.75) is 24.4 Å². The summed E-state index contributed by atoms with van der Waals surface area (Å²) >= 11 is 9.86. The van der Waals surface area contributed by atoms with Crippen LogP contribution in [-0.4, -0.2) is 35.2 Å². The summed E-state index contributed by atoms with van der Waals surface area (Å²) in [6.07, 6.45) is 1.67. The minimum absolute atomic E-state index is 0.144. The number of carbonyl (C=O) groups excluding carboxylic acids is 3. The van der Waals surface area contributed by atoms with E-state index in [0.29, 0.717) is 33.0 Å². The monoisotopic (exact) mass is 485 g/mol. The van der Waals surface area contributed by atoms with E-state index in [9.17, 15) is 14.4 Å². The molecule has 0 bridgehead atoms. The first-order valence-electron chi connectivity index (χ1n) is 9.97. The van der Waals surface area contributed by atoms with E-state index in [1.165, 1.54) is 4.90 Å². The van der Waals surface area contributed by atoms with E-state index in [4.69, 9.17) is 11.6 Å². The lowest BCUT2D eigenvalue weighted by atomic mass is 9.75. The predicted octanol–water partition coefficient (Wildman–Crippen LogP) is 3.53. The van der Waals surface area contributed by atoms with E-state index in [-0.39, 0.29) is 23.8 Å². The van der Waals surface area contributed by atoms with Crippen LogP contribution in [0.25, 0.3) is 0 Å². The van der Waals surface area contributed by atoms with E-state index >= 15 is 0 Å². The molecule has 0 radical (unpaired) electrons. The van der Waals surface area contributed by atoms with Gasteiger partial charge in [0.05, 0.1) is 28.2 Å². The topological polar surface area (TPSA) is 69.7 Å². The van der Waals surface area contributed by atoms with Gasteiger partial charge in [0.15, 0.2) is 0 Å². The summed E-state index contributed by atoms with van der Waals surface area (Å²) in [5, 5.41) is 3.36. The van der Waals surface area contributed by atoms with Crippen LogP contribution in [0.5, 0.6) is 0 Å². The maximum Gasteiger partial charge on any atom is 0.250 e. The second kappa shape index (κ2) is 6.15. The number of imide groups is 1. The Balaban J connectivity index is 1.59. The molecule has 152 valence electrons. The summed E-state index contributed by atoms with van der Waals surface area (Å²) in [6.45, 7) is 0.673. The molecule has 2 aromatic rings. The molecule has 2 aromatic carbocycles. The van der Waals surface area contributed by atoms with Gasteiger partial charge in [-0.05, 0) is 53.5 Å². The summed E-state index contributed by atoms with van der Waals surface area (Å²) in [7, 11) is 0. The van der Waals surface area contributed by atoms with Gasteiger partial charge >= 0.3 is 0 Å². The fourth-order valence-corrected chi connectivity index (χ4v) is 6.75. The van der Waals surface area contributed by atoms with Crippen molar-refractivity contribution in [1.82, 2.24) is 4.90 Å². The highest BCUT2D eigenvalue weighted by Gasteiger charge is 2.74. The van der Waals surface area contributed by atoms with Crippen molar-refractivity contribution in [3.05, 3.63) is 57.5 Å². The maximum atomic E-state index is 13.8. The van der Waals surface area contributed by atoms with Crippen LogP contribution in [0.1, 0.15) is 18.4 Å². The first kappa shape index (κ1) is 18.5. The number of para-hydroxylation sites is 2. The number of nitrogens with zero attached hydrogens (tertiary/aromatic N) is 2. The molecule has 6 rings (SSSR count). The highest BCUT2D eigenvalue weighted by atomic mass is 79.9. The van der Waals surface area contributed by atoms with Crippen LogP contribution < -0.4 is 10.2 Å². The molecule has 0 unspecified atom stereocenters. The van der Waals surface area contributed by atoms with Crippen LogP contribution in [0.2, 0.25) is 5.02 Å². The molecule has 1 N–H and O–H groups in total. The van der Waals surface area contributed by atoms with Crippen molar-refractivity contribution in [3.8, 4) is 0 Å². The number of fused-ring (bicyclic) bond motifs is 7. The summed E-state index contributed by atoms with van der Waals surface area (Å²) in [5.74, 6) is -2.15. The normalized spacial score (nSPS) is 32.0. The van der Waals surface area contributed by atoms with Gasteiger partial charge in [-0.25, -0.2) is 4.90 Å². The molecule has 4 heterocycles. The average molecular weight is 487 g/mol. The number of hydrogen-bond donors (Lipinski definition) is 1. The van der Waals surface area contributed by atoms with Gasteiger partial charge in [0.1, 0.15) is 5.54 Å². The van der Waals surface area contributed by atoms with E-state index in [1.807, 2.05) is 12.1 Å². The van der Waals surface area contributed by atoms with Gasteiger partial charge in [-0.3, -0.25) is 19.3 Å². The Morgan fingerprint density at radius 2 is 1.87 bits per heavy atom. The lowest BCUT2D eigenvalue weighted by Crippen LogP contribution is -2.54. The lowest BCUT2D eigenvalue weighted by Gasteiger charge is -2.36. The third-order valence-electron chi connectivity index (χ3n) is 7.07. The van der Waals surface area contributed by atoms with E-state index in [2.05, 4.69) is 26.1 Å². The Morgan fingerprint density at radius 1 is 1.07 bits per heavy atom. The largest absolute Gasteiger partial charge is 0.323 e. The Kier molecular flexibility index (Phi) is 3.80. The number of hydrogen-bond acceptors (Lipinski definition) is 4. The Hall–Kier alpha value is -2.22. The predicted molar refractivity (Wildman–Crippen MR) is 115 cm³/mol. The molecule has 3 fully saturated rings. The molecule has 4 aliphatic rings. The molecule has 3 saturated heterocycles. The second-order valence-corrected chi connectivity index (χ2v) is 9.51. The minimum Gasteiger partial charge on any atom is -0.323 e. The van der Waals surface area contributed by atoms with Gasteiger partial charge in [-0.1, -0.05) is 35.9 Å². The SMILES string of the molecule is O=C1[C@@H]2[C@@H]3CCCN3[C@@]3(C(=O)Nc4c(Cl)cccc43)[C@H]2C(=O)N1c1ccccc1Br. The highest BCUT2D eigenvalue weighted by molar-refractivity contribution is 9.10. The van der Waals surface area contributed by atoms with Gasteiger partial charge in [0.25, 0.3) is 5.91 Å². The molecule has 4 aliphatic heterocycles. The van der Waals surface area contributed by atoms with E-state index in [1.54, 1.807) is 30.3 Å². The molecule has 0 aromatic heterocycles. The van der Waals surface area contributed by atoms with Crippen molar-refractivity contribution in [2.24, 2.45) is 11.8 Å². The summed E-state index contributed by atoms with van der Waals surface area (Å²) in [4.78, 5) is 44.4. The summed E-state index contributed by atoms with van der Waals surface area (Å²) in [5.41, 5.74) is 0.574. The van der Waals surface area contributed by atoms with Gasteiger partial charge in [0, 0.05) is 16.1 Å². The Bertz CT molecular complexity index is 1150. The number of carbonyl (C=O) groups is 3. The molecule has 1 spiro atoms. The third kappa shape index (κ3) is 2.01. The number of nitrogens with one attached hydrogen (secondary N) is 1. The van der Waals surface area contributed by atoms with Crippen molar-refractivity contribution < 1.29 is 14.4 Å². The number of halogens is 2. The number of benzene rings is 2. The second-order valence-electron chi connectivity index (χ2n) is 8.25. The highest BCUT2D eigenvalue weighted by Crippen LogP contribution is 2.61. The molecular weight excluding hydrogens is 470 g/mol. The zero-order valence-corrected chi connectivity index (χ0v) is 18.1. The first-order valence-corrected chi connectivity index (χ1v) is 11.1. The van der Waals surface area contributed by atoms with Crippen molar-refractivity contribution >= 4 is 56.6 Å². The quantitative estimate of drug-likeness (QED) is 0.626. The van der Waals surface area contributed by atoms with Crippen molar-refractivity contribution in [1.29, 1.82) is 0 Å². The summed E-state index contributed by atoms with van der Waals surface area (Å²) < 4.78 is 0.670. The van der Waals surface area contributed by atoms with E-state index < -0.39 is 17.4 Å². The molecular formula is C22H17BrClN3O3. The van der Waals surface area contributed by atoms with Gasteiger partial charge in [0.2, 0.25) is 11.8 Å². The van der Waals surface area contributed by atoms with E-state index in [0.717, 1.165) is 12.8 Å². The summed E-state index contributed by atoms with van der Waals surface area (Å²) in [6, 6.07) is 12.4. The van der Waals surface area contributed by atoms with Gasteiger partial charge < -0.3 is 5.32 Å². The van der Waals surface area contributed by atoms with Crippen LogP contribution in [0, 0.1) is 11.8 Å². The van der Waals surface area contributed by atoms with Crippen LogP contribution in [0.4, 0.5) is 11.4 Å². The van der Waals surface area contributed by atoms with Crippen LogP contribution in [-0.2, 0) is 19.9 Å². The number of amides is 3. The third-order valence-corrected chi connectivity index (χ3v) is 8.06. The van der Waals surface area contributed by atoms with Crippen LogP contribution in [0.15, 0.2) is 46.9 Å². The van der Waals surface area contributed by atoms with Gasteiger partial charge in [-0.2, -0.15) is 0 Å². The maximum absolute atomic E-state index is 13.8. The zero-order chi connectivity index (χ0) is 20.8. The molecule has 0 aliphatic carbocycles. The molecule has 6 nitrogen and oxygen atoms in total.